The van der Waals surface area contributed by atoms with Crippen molar-refractivity contribution in [2.75, 3.05) is 0 Å². The third kappa shape index (κ3) is 4.28. The van der Waals surface area contributed by atoms with Crippen LogP contribution in [-0.2, 0) is 0 Å². The summed E-state index contributed by atoms with van der Waals surface area (Å²) in [5.74, 6) is 0. The zero-order valence-corrected chi connectivity index (χ0v) is 12.2. The fraction of sp³-hybridized carbons (Fsp3) is 1.00. The first-order valence-electron chi connectivity index (χ1n) is 7.74. The van der Waals surface area contributed by atoms with Gasteiger partial charge in [0.2, 0.25) is 0 Å². The molecule has 1 rings (SSSR count). The summed E-state index contributed by atoms with van der Waals surface area (Å²) < 4.78 is 0. The van der Waals surface area contributed by atoms with E-state index in [0.717, 1.165) is 12.8 Å². The highest BCUT2D eigenvalue weighted by Gasteiger charge is 2.44. The van der Waals surface area contributed by atoms with E-state index in [1.54, 1.807) is 0 Å². The minimum Gasteiger partial charge on any atom is -0.389 e. The van der Waals surface area contributed by atoms with Crippen molar-refractivity contribution in [3.63, 3.8) is 0 Å². The molecule has 0 aromatic heterocycles. The first kappa shape index (κ1) is 15.0. The molecule has 1 unspecified atom stereocenters. The quantitative estimate of drug-likeness (QED) is 0.616. The number of rotatable bonds is 7. The summed E-state index contributed by atoms with van der Waals surface area (Å²) in [6.07, 6.45) is 13.7. The Hall–Kier alpha value is -0.0400. The highest BCUT2D eigenvalue weighted by atomic mass is 16.3. The third-order valence-corrected chi connectivity index (χ3v) is 4.85. The van der Waals surface area contributed by atoms with Crippen LogP contribution in [-0.4, -0.2) is 10.7 Å². The van der Waals surface area contributed by atoms with E-state index in [4.69, 9.17) is 0 Å². The zero-order valence-electron chi connectivity index (χ0n) is 12.2. The molecule has 1 atom stereocenters. The van der Waals surface area contributed by atoms with Gasteiger partial charge in [-0.05, 0) is 24.7 Å². The van der Waals surface area contributed by atoms with Gasteiger partial charge >= 0.3 is 0 Å². The van der Waals surface area contributed by atoms with Gasteiger partial charge in [0.25, 0.3) is 0 Å². The molecule has 102 valence electrons. The van der Waals surface area contributed by atoms with Gasteiger partial charge in [0.15, 0.2) is 0 Å². The van der Waals surface area contributed by atoms with Gasteiger partial charge in [0.05, 0.1) is 5.60 Å². The van der Waals surface area contributed by atoms with E-state index in [0.29, 0.717) is 0 Å². The Labute approximate surface area is 108 Å². The molecule has 0 aliphatic heterocycles. The van der Waals surface area contributed by atoms with Crippen LogP contribution in [0.5, 0.6) is 0 Å². The maximum absolute atomic E-state index is 10.8. The number of hydrogen-bond acceptors (Lipinski definition) is 1. The van der Waals surface area contributed by atoms with Crippen LogP contribution in [0.15, 0.2) is 0 Å². The van der Waals surface area contributed by atoms with E-state index in [2.05, 4.69) is 20.8 Å². The minimum absolute atomic E-state index is 0.134. The average Bonchev–Trinajstić information content (AvgIpc) is 2.28. The Balaban J connectivity index is 2.24. The molecule has 1 N–H and O–H groups in total. The Morgan fingerprint density at radius 2 is 1.47 bits per heavy atom. The van der Waals surface area contributed by atoms with Gasteiger partial charge in [0, 0.05) is 0 Å². The highest BCUT2D eigenvalue weighted by Crippen LogP contribution is 2.46. The van der Waals surface area contributed by atoms with E-state index in [9.17, 15) is 5.11 Å². The normalized spacial score (nSPS) is 28.2. The topological polar surface area (TPSA) is 20.2 Å². The first-order valence-corrected chi connectivity index (χ1v) is 7.74. The van der Waals surface area contributed by atoms with E-state index in [1.165, 1.54) is 57.8 Å². The molecule has 17 heavy (non-hydrogen) atoms. The van der Waals surface area contributed by atoms with E-state index < -0.39 is 0 Å². The lowest BCUT2D eigenvalue weighted by Gasteiger charge is -2.46. The van der Waals surface area contributed by atoms with Gasteiger partial charge in [-0.15, -0.1) is 0 Å². The number of aliphatic hydroxyl groups is 1. The second kappa shape index (κ2) is 6.78. The van der Waals surface area contributed by atoms with Crippen LogP contribution in [0.3, 0.4) is 0 Å². The van der Waals surface area contributed by atoms with Gasteiger partial charge in [-0.25, -0.2) is 0 Å². The molecule has 0 aromatic carbocycles. The second-order valence-corrected chi connectivity index (χ2v) is 6.64. The zero-order chi connectivity index (χ0) is 12.8. The maximum atomic E-state index is 10.8. The third-order valence-electron chi connectivity index (χ3n) is 4.85. The van der Waals surface area contributed by atoms with Crippen LogP contribution >= 0.6 is 0 Å². The summed E-state index contributed by atoms with van der Waals surface area (Å²) in [6.45, 7) is 6.76. The van der Waals surface area contributed by atoms with Gasteiger partial charge < -0.3 is 5.11 Å². The van der Waals surface area contributed by atoms with Gasteiger partial charge in [-0.2, -0.15) is 0 Å². The molecule has 1 nitrogen and oxygen atoms in total. The molecule has 0 amide bonds. The molecule has 0 aromatic rings. The van der Waals surface area contributed by atoms with Crippen LogP contribution in [0.25, 0.3) is 0 Å². The van der Waals surface area contributed by atoms with Crippen molar-refractivity contribution in [2.24, 2.45) is 5.41 Å². The average molecular weight is 240 g/mol. The molecule has 0 bridgehead atoms. The first-order chi connectivity index (χ1) is 8.02. The van der Waals surface area contributed by atoms with Crippen LogP contribution < -0.4 is 0 Å². The fourth-order valence-electron chi connectivity index (χ4n) is 3.22. The molecular formula is C16H32O. The molecule has 0 saturated heterocycles. The lowest BCUT2D eigenvalue weighted by atomic mass is 9.63. The van der Waals surface area contributed by atoms with Gasteiger partial charge in [-0.3, -0.25) is 0 Å². The summed E-state index contributed by atoms with van der Waals surface area (Å²) in [5, 5.41) is 10.8. The Bertz CT molecular complexity index is 210. The van der Waals surface area contributed by atoms with Gasteiger partial charge in [0.1, 0.15) is 0 Å². The van der Waals surface area contributed by atoms with Crippen molar-refractivity contribution in [2.45, 2.75) is 97.0 Å². The van der Waals surface area contributed by atoms with Crippen LogP contribution in [0.4, 0.5) is 0 Å². The smallest absolute Gasteiger partial charge is 0.0698 e. The van der Waals surface area contributed by atoms with Crippen molar-refractivity contribution in [3.8, 4) is 0 Å². The standard InChI is InChI=1S/C16H32O/c1-4-5-6-7-8-9-13-16(17)14-11-10-12-15(16,2)3/h17H,4-14H2,1-3H3. The lowest BCUT2D eigenvalue weighted by Crippen LogP contribution is -2.47. The van der Waals surface area contributed by atoms with Crippen molar-refractivity contribution >= 4 is 0 Å². The molecule has 1 aliphatic carbocycles. The van der Waals surface area contributed by atoms with E-state index >= 15 is 0 Å². The summed E-state index contributed by atoms with van der Waals surface area (Å²) in [7, 11) is 0. The molecule has 0 heterocycles. The molecule has 1 heteroatoms. The van der Waals surface area contributed by atoms with Crippen molar-refractivity contribution in [1.82, 2.24) is 0 Å². The van der Waals surface area contributed by atoms with Crippen molar-refractivity contribution in [3.05, 3.63) is 0 Å². The Kier molecular flexibility index (Phi) is 5.99. The predicted octanol–water partition coefficient (Wildman–Crippen LogP) is 5.07. The Morgan fingerprint density at radius 3 is 2.12 bits per heavy atom. The molecule has 1 saturated carbocycles. The van der Waals surface area contributed by atoms with Gasteiger partial charge in [-0.1, -0.05) is 72.1 Å². The molecule has 1 fully saturated rings. The van der Waals surface area contributed by atoms with Crippen molar-refractivity contribution < 1.29 is 5.11 Å². The van der Waals surface area contributed by atoms with Crippen molar-refractivity contribution in [1.29, 1.82) is 0 Å². The summed E-state index contributed by atoms with van der Waals surface area (Å²) in [5.41, 5.74) is -0.245. The van der Waals surface area contributed by atoms with Crippen LogP contribution in [0.2, 0.25) is 0 Å². The van der Waals surface area contributed by atoms with E-state index in [-0.39, 0.29) is 11.0 Å². The molecule has 0 spiro atoms. The molecular weight excluding hydrogens is 208 g/mol. The summed E-state index contributed by atoms with van der Waals surface area (Å²) in [6, 6.07) is 0. The largest absolute Gasteiger partial charge is 0.389 e. The predicted molar refractivity (Wildman–Crippen MR) is 75.2 cm³/mol. The number of hydrogen-bond donors (Lipinski definition) is 1. The minimum atomic E-state index is -0.379. The summed E-state index contributed by atoms with van der Waals surface area (Å²) in [4.78, 5) is 0. The SMILES string of the molecule is CCCCCCCCC1(O)CCCCC1(C)C. The fourth-order valence-corrected chi connectivity index (χ4v) is 3.22. The molecule has 1 aliphatic rings. The lowest BCUT2D eigenvalue weighted by molar-refractivity contribution is -0.103. The van der Waals surface area contributed by atoms with Crippen LogP contribution in [0, 0.1) is 5.41 Å². The van der Waals surface area contributed by atoms with Crippen LogP contribution in [0.1, 0.15) is 91.4 Å². The van der Waals surface area contributed by atoms with E-state index in [1.807, 2.05) is 0 Å². The highest BCUT2D eigenvalue weighted by molar-refractivity contribution is 4.96. The molecule has 0 radical (unpaired) electrons. The number of unbranched alkanes of at least 4 members (excludes halogenated alkanes) is 5. The Morgan fingerprint density at radius 1 is 0.882 bits per heavy atom. The second-order valence-electron chi connectivity index (χ2n) is 6.64. The summed E-state index contributed by atoms with van der Waals surface area (Å²) >= 11 is 0. The monoisotopic (exact) mass is 240 g/mol. The maximum Gasteiger partial charge on any atom is 0.0698 e.